The van der Waals surface area contributed by atoms with Gasteiger partial charge in [-0.05, 0) is 42.5 Å². The number of halogens is 3. The highest BCUT2D eigenvalue weighted by atomic mass is 19.1. The smallest absolute Gasteiger partial charge is 0.251 e. The van der Waals surface area contributed by atoms with Crippen LogP contribution in [0.1, 0.15) is 57.2 Å². The number of nitrogens with zero attached hydrogens (tertiary/aromatic N) is 2. The molecule has 0 aliphatic heterocycles. The molecule has 38 heavy (non-hydrogen) atoms. The molecule has 1 heterocycles. The second kappa shape index (κ2) is 12.0. The Morgan fingerprint density at radius 1 is 1.18 bits per heavy atom. The molecule has 0 aliphatic carbocycles. The largest absolute Gasteiger partial charge is 0.440 e. The molecular formula is C29H34F3N3O3. The number of carbonyl (C=O) groups excluding carboxylic acids is 1. The number of aliphatic hydroxyl groups is 1. The summed E-state index contributed by atoms with van der Waals surface area (Å²) in [6, 6.07) is 10.5. The molecule has 0 spiro atoms. The van der Waals surface area contributed by atoms with Gasteiger partial charge in [0.05, 0.1) is 17.6 Å². The number of carbonyl (C=O) groups is 1. The van der Waals surface area contributed by atoms with Crippen molar-refractivity contribution in [3.05, 3.63) is 89.6 Å². The summed E-state index contributed by atoms with van der Waals surface area (Å²) in [6.07, 6.45) is -1.07. The fraction of sp³-hybridized carbons (Fsp3) is 0.379. The number of hydrogen-bond donors (Lipinski definition) is 2. The van der Waals surface area contributed by atoms with Crippen LogP contribution in [0.15, 0.2) is 65.4 Å². The van der Waals surface area contributed by atoms with Gasteiger partial charge >= 0.3 is 0 Å². The Hall–Kier alpha value is -3.43. The second-order valence-electron chi connectivity index (χ2n) is 10.4. The molecule has 1 aromatic heterocycles. The number of aromatic nitrogens is 1. The number of aliphatic hydroxyl groups excluding tert-OH is 1. The number of hydrogen-bond acceptors (Lipinski definition) is 5. The summed E-state index contributed by atoms with van der Waals surface area (Å²) in [7, 11) is 0. The highest BCUT2D eigenvalue weighted by Crippen LogP contribution is 2.42. The minimum atomic E-state index is -1.37. The average Bonchev–Trinajstić information content (AvgIpc) is 3.24. The lowest BCUT2D eigenvalue weighted by atomic mass is 9.82. The minimum Gasteiger partial charge on any atom is -0.440 e. The van der Waals surface area contributed by atoms with Gasteiger partial charge in [0, 0.05) is 13.0 Å². The van der Waals surface area contributed by atoms with Crippen LogP contribution >= 0.6 is 0 Å². The van der Waals surface area contributed by atoms with Crippen LogP contribution in [0.3, 0.4) is 0 Å². The van der Waals surface area contributed by atoms with E-state index in [0.717, 1.165) is 23.8 Å². The van der Waals surface area contributed by atoms with Gasteiger partial charge in [0.25, 0.3) is 5.91 Å². The maximum absolute atomic E-state index is 14.7. The molecule has 0 unspecified atom stereocenters. The third-order valence-electron chi connectivity index (χ3n) is 6.21. The molecule has 9 heteroatoms. The predicted molar refractivity (Wildman–Crippen MR) is 140 cm³/mol. The van der Waals surface area contributed by atoms with Gasteiger partial charge in [-0.2, -0.15) is 0 Å². The molecule has 6 nitrogen and oxygen atoms in total. The second-order valence-corrected chi connectivity index (χ2v) is 10.4. The fourth-order valence-corrected chi connectivity index (χ4v) is 4.33. The first-order chi connectivity index (χ1) is 17.8. The molecule has 3 atom stereocenters. The highest BCUT2D eigenvalue weighted by molar-refractivity contribution is 5.80. The van der Waals surface area contributed by atoms with Gasteiger partial charge in [0.2, 0.25) is 5.89 Å². The first-order valence-corrected chi connectivity index (χ1v) is 12.4. The number of amides is 1. The van der Waals surface area contributed by atoms with Gasteiger partial charge < -0.3 is 20.2 Å². The van der Waals surface area contributed by atoms with Gasteiger partial charge in [-0.25, -0.2) is 18.2 Å². The van der Waals surface area contributed by atoms with Crippen molar-refractivity contribution in [2.24, 2.45) is 11.1 Å². The van der Waals surface area contributed by atoms with Crippen molar-refractivity contribution in [2.45, 2.75) is 58.7 Å². The Morgan fingerprint density at radius 2 is 1.84 bits per heavy atom. The predicted octanol–water partition coefficient (Wildman–Crippen LogP) is 5.71. The maximum atomic E-state index is 14.7. The third kappa shape index (κ3) is 6.90. The van der Waals surface area contributed by atoms with Gasteiger partial charge in [-0.15, -0.1) is 0 Å². The Bertz CT molecular complexity index is 1270. The lowest BCUT2D eigenvalue weighted by molar-refractivity contribution is -0.144. The summed E-state index contributed by atoms with van der Waals surface area (Å²) in [5, 5.41) is 10.2. The molecule has 204 valence electrons. The molecule has 3 rings (SSSR count). The van der Waals surface area contributed by atoms with Crippen LogP contribution in [0.5, 0.6) is 0 Å². The number of oxazole rings is 1. The third-order valence-corrected chi connectivity index (χ3v) is 6.21. The summed E-state index contributed by atoms with van der Waals surface area (Å²) in [5.41, 5.74) is 6.19. The van der Waals surface area contributed by atoms with Crippen LogP contribution in [0.2, 0.25) is 0 Å². The highest BCUT2D eigenvalue weighted by Gasteiger charge is 2.40. The van der Waals surface area contributed by atoms with Gasteiger partial charge in [0.1, 0.15) is 35.0 Å². The van der Waals surface area contributed by atoms with E-state index in [1.807, 2.05) is 51.1 Å². The molecule has 0 aliphatic rings. The van der Waals surface area contributed by atoms with Crippen molar-refractivity contribution in [1.29, 1.82) is 0 Å². The summed E-state index contributed by atoms with van der Waals surface area (Å²) in [6.45, 7) is 10.2. The lowest BCUT2D eigenvalue weighted by Crippen LogP contribution is -2.47. The molecule has 0 bridgehead atoms. The zero-order valence-corrected chi connectivity index (χ0v) is 22.0. The van der Waals surface area contributed by atoms with Crippen LogP contribution in [0.25, 0.3) is 11.5 Å². The normalized spacial score (nSPS) is 14.1. The van der Waals surface area contributed by atoms with E-state index in [0.29, 0.717) is 11.5 Å². The first kappa shape index (κ1) is 29.1. The summed E-state index contributed by atoms with van der Waals surface area (Å²) < 4.78 is 48.5. The number of rotatable bonds is 10. The first-order valence-electron chi connectivity index (χ1n) is 12.4. The van der Waals surface area contributed by atoms with E-state index in [-0.39, 0.29) is 30.8 Å². The SMILES string of the molecule is C=C(F)[C@@H](N)CCN(C(=O)[C@H](C)O)[C@H](c1nc(-c2cc(F)ccc2F)oc1Cc1ccccc1)C(C)(C)C. The number of nitrogens with two attached hydrogens (primary N) is 1. The molecule has 0 saturated carbocycles. The Labute approximate surface area is 221 Å². The van der Waals surface area contributed by atoms with Crippen LogP contribution in [0, 0.1) is 17.0 Å². The van der Waals surface area contributed by atoms with Crippen molar-refractivity contribution in [2.75, 3.05) is 6.54 Å². The molecule has 0 saturated heterocycles. The quantitative estimate of drug-likeness (QED) is 0.351. The Kier molecular flexibility index (Phi) is 9.17. The Balaban J connectivity index is 2.21. The van der Waals surface area contributed by atoms with Crippen LogP contribution in [-0.2, 0) is 11.2 Å². The zero-order valence-electron chi connectivity index (χ0n) is 22.0. The summed E-state index contributed by atoms with van der Waals surface area (Å²) >= 11 is 0. The van der Waals surface area contributed by atoms with E-state index in [1.165, 1.54) is 11.8 Å². The van der Waals surface area contributed by atoms with E-state index in [1.54, 1.807) is 0 Å². The summed E-state index contributed by atoms with van der Waals surface area (Å²) in [4.78, 5) is 19.3. The molecule has 3 N–H and O–H groups in total. The maximum Gasteiger partial charge on any atom is 0.251 e. The minimum absolute atomic E-state index is 0.0168. The summed E-state index contributed by atoms with van der Waals surface area (Å²) in [5.74, 6) is -2.52. The van der Waals surface area contributed by atoms with Crippen molar-refractivity contribution in [1.82, 2.24) is 9.88 Å². The van der Waals surface area contributed by atoms with E-state index >= 15 is 0 Å². The molecule has 0 fully saturated rings. The van der Waals surface area contributed by atoms with Crippen molar-refractivity contribution in [3.8, 4) is 11.5 Å². The van der Waals surface area contributed by atoms with Gasteiger partial charge in [-0.1, -0.05) is 57.7 Å². The molecular weight excluding hydrogens is 495 g/mol. The van der Waals surface area contributed by atoms with Crippen molar-refractivity contribution in [3.63, 3.8) is 0 Å². The molecule has 1 amide bonds. The topological polar surface area (TPSA) is 92.6 Å². The average molecular weight is 530 g/mol. The lowest BCUT2D eigenvalue weighted by Gasteiger charge is -2.40. The van der Waals surface area contributed by atoms with E-state index < -0.39 is 47.0 Å². The molecule has 2 aromatic carbocycles. The zero-order chi connectivity index (χ0) is 28.2. The van der Waals surface area contributed by atoms with E-state index in [2.05, 4.69) is 11.6 Å². The monoisotopic (exact) mass is 529 g/mol. The standard InChI is InChI=1S/C29H34F3N3O3/c1-17(30)23(33)13-14-35(28(37)18(2)36)26(29(3,4)5)25-24(15-19-9-7-6-8-10-19)38-27(34-25)21-16-20(31)11-12-22(21)32/h6-12,16,18,23,26,36H,1,13-15,33H2,2-5H3/t18-,23-,26+/m0/s1. The van der Waals surface area contributed by atoms with E-state index in [9.17, 15) is 23.1 Å². The van der Waals surface area contributed by atoms with Crippen LogP contribution in [-0.4, -0.2) is 39.6 Å². The van der Waals surface area contributed by atoms with Crippen molar-refractivity contribution >= 4 is 5.91 Å². The fourth-order valence-electron chi connectivity index (χ4n) is 4.33. The molecule has 0 radical (unpaired) electrons. The number of benzene rings is 2. The molecule has 3 aromatic rings. The van der Waals surface area contributed by atoms with Crippen LogP contribution in [0.4, 0.5) is 13.2 Å². The van der Waals surface area contributed by atoms with Crippen LogP contribution < -0.4 is 5.73 Å². The van der Waals surface area contributed by atoms with Crippen molar-refractivity contribution < 1.29 is 27.5 Å². The van der Waals surface area contributed by atoms with E-state index in [4.69, 9.17) is 10.2 Å². The van der Waals surface area contributed by atoms with Gasteiger partial charge in [-0.3, -0.25) is 4.79 Å². The Morgan fingerprint density at radius 3 is 2.42 bits per heavy atom. The van der Waals surface area contributed by atoms with Gasteiger partial charge in [0.15, 0.2) is 0 Å².